The lowest BCUT2D eigenvalue weighted by Crippen LogP contribution is -2.24. The Morgan fingerprint density at radius 2 is 1.36 bits per heavy atom. The maximum atomic E-state index is 12.8. The second kappa shape index (κ2) is 6.95. The lowest BCUT2D eigenvalue weighted by molar-refractivity contribution is -0.143. The van der Waals surface area contributed by atoms with Crippen molar-refractivity contribution >= 4 is 17.5 Å². The summed E-state index contributed by atoms with van der Waals surface area (Å²) in [7, 11) is 0. The Morgan fingerprint density at radius 1 is 0.880 bits per heavy atom. The van der Waals surface area contributed by atoms with Crippen molar-refractivity contribution in [3.63, 3.8) is 0 Å². The Hall–Kier alpha value is -2.22. The summed E-state index contributed by atoms with van der Waals surface area (Å²) >= 11 is 5.69. The fourth-order valence-corrected chi connectivity index (χ4v) is 2.10. The summed E-state index contributed by atoms with van der Waals surface area (Å²) < 4.78 is 76.7. The van der Waals surface area contributed by atoms with Gasteiger partial charge < -0.3 is 5.32 Å². The van der Waals surface area contributed by atoms with Gasteiger partial charge in [-0.05, 0) is 35.9 Å². The SMILES string of the molecule is O=C(NCc1ccc(Cl)cc1)c1cc(C(F)(F)F)cc(C(F)(F)F)c1. The number of carbonyl (C=O) groups is 1. The second-order valence-corrected chi connectivity index (χ2v) is 5.54. The molecule has 0 unspecified atom stereocenters. The molecule has 0 heterocycles. The van der Waals surface area contributed by atoms with Crippen molar-refractivity contribution in [2.24, 2.45) is 0 Å². The van der Waals surface area contributed by atoms with Gasteiger partial charge in [-0.2, -0.15) is 26.3 Å². The van der Waals surface area contributed by atoms with Crippen molar-refractivity contribution in [3.8, 4) is 0 Å². The smallest absolute Gasteiger partial charge is 0.348 e. The number of halogens is 7. The number of hydrogen-bond donors (Lipinski definition) is 1. The van der Waals surface area contributed by atoms with Crippen molar-refractivity contribution in [1.82, 2.24) is 5.32 Å². The number of hydrogen-bond acceptors (Lipinski definition) is 1. The zero-order chi connectivity index (χ0) is 18.8. The Kier molecular flexibility index (Phi) is 5.31. The van der Waals surface area contributed by atoms with Crippen LogP contribution in [0, 0.1) is 0 Å². The maximum Gasteiger partial charge on any atom is 0.416 e. The molecule has 0 radical (unpaired) electrons. The van der Waals surface area contributed by atoms with Gasteiger partial charge in [0.15, 0.2) is 0 Å². The minimum atomic E-state index is -5.01. The van der Waals surface area contributed by atoms with E-state index >= 15 is 0 Å². The predicted octanol–water partition coefficient (Wildman–Crippen LogP) is 5.31. The molecular formula is C16H10ClF6NO. The third-order valence-corrected chi connectivity index (χ3v) is 3.47. The fraction of sp³-hybridized carbons (Fsp3) is 0.188. The van der Waals surface area contributed by atoms with Crippen LogP contribution in [-0.2, 0) is 18.9 Å². The van der Waals surface area contributed by atoms with Crippen molar-refractivity contribution in [2.75, 3.05) is 0 Å². The van der Waals surface area contributed by atoms with Gasteiger partial charge in [0, 0.05) is 17.1 Å². The molecule has 0 aliphatic heterocycles. The van der Waals surface area contributed by atoms with E-state index in [2.05, 4.69) is 5.32 Å². The third-order valence-electron chi connectivity index (χ3n) is 3.22. The van der Waals surface area contributed by atoms with E-state index in [0.717, 1.165) is 0 Å². The van der Waals surface area contributed by atoms with Gasteiger partial charge in [-0.25, -0.2) is 0 Å². The second-order valence-electron chi connectivity index (χ2n) is 5.10. The quantitative estimate of drug-likeness (QED) is 0.717. The molecule has 2 aromatic rings. The predicted molar refractivity (Wildman–Crippen MR) is 79.1 cm³/mol. The van der Waals surface area contributed by atoms with E-state index in [1.54, 1.807) is 12.1 Å². The van der Waals surface area contributed by atoms with Crippen molar-refractivity contribution in [2.45, 2.75) is 18.9 Å². The minimum absolute atomic E-state index is 0.0318. The van der Waals surface area contributed by atoms with E-state index in [4.69, 9.17) is 11.6 Å². The van der Waals surface area contributed by atoms with E-state index < -0.39 is 35.0 Å². The molecule has 0 atom stereocenters. The van der Waals surface area contributed by atoms with Gasteiger partial charge in [-0.1, -0.05) is 23.7 Å². The van der Waals surface area contributed by atoms with Gasteiger partial charge in [0.05, 0.1) is 11.1 Å². The molecule has 0 aliphatic rings. The monoisotopic (exact) mass is 381 g/mol. The summed E-state index contributed by atoms with van der Waals surface area (Å²) in [6.07, 6.45) is -10.0. The molecule has 0 fully saturated rings. The molecule has 1 N–H and O–H groups in total. The molecule has 2 rings (SSSR count). The summed E-state index contributed by atoms with van der Waals surface area (Å²) in [6, 6.07) is 6.94. The van der Waals surface area contributed by atoms with Gasteiger partial charge in [0.1, 0.15) is 0 Å². The minimum Gasteiger partial charge on any atom is -0.348 e. The molecule has 0 saturated heterocycles. The van der Waals surface area contributed by atoms with Crippen LogP contribution in [0.25, 0.3) is 0 Å². The maximum absolute atomic E-state index is 12.8. The number of rotatable bonds is 3. The normalized spacial score (nSPS) is 12.1. The standard InChI is InChI=1S/C16H10ClF6NO/c17-13-3-1-9(2-4-13)8-24-14(25)10-5-11(15(18,19)20)7-12(6-10)16(21,22)23/h1-7H,8H2,(H,24,25). The molecule has 2 nitrogen and oxygen atoms in total. The van der Waals surface area contributed by atoms with E-state index in [1.807, 2.05) is 0 Å². The molecule has 9 heteroatoms. The summed E-state index contributed by atoms with van der Waals surface area (Å²) in [5, 5.41) is 2.72. The molecule has 134 valence electrons. The first kappa shape index (κ1) is 19.1. The molecule has 0 saturated carbocycles. The molecule has 25 heavy (non-hydrogen) atoms. The van der Waals surface area contributed by atoms with Crippen LogP contribution in [0.5, 0.6) is 0 Å². The molecule has 0 aliphatic carbocycles. The van der Waals surface area contributed by atoms with Crippen LogP contribution in [0.15, 0.2) is 42.5 Å². The summed E-state index contributed by atoms with van der Waals surface area (Å²) in [6.45, 7) is -0.0758. The first-order valence-corrected chi connectivity index (χ1v) is 7.17. The number of carbonyl (C=O) groups excluding carboxylic acids is 1. The first-order valence-electron chi connectivity index (χ1n) is 6.79. The van der Waals surface area contributed by atoms with Crippen LogP contribution in [0.1, 0.15) is 27.0 Å². The third kappa shape index (κ3) is 5.12. The number of alkyl halides is 6. The average Bonchev–Trinajstić information content (AvgIpc) is 2.52. The zero-order valence-corrected chi connectivity index (χ0v) is 13.1. The van der Waals surface area contributed by atoms with E-state index in [-0.39, 0.29) is 12.6 Å². The molecule has 0 bridgehead atoms. The van der Waals surface area contributed by atoms with Crippen molar-refractivity contribution in [1.29, 1.82) is 0 Å². The molecule has 1 amide bonds. The lowest BCUT2D eigenvalue weighted by atomic mass is 10.0. The summed E-state index contributed by atoms with van der Waals surface area (Å²) in [5.41, 5.74) is -3.23. The van der Waals surface area contributed by atoms with E-state index in [9.17, 15) is 31.1 Å². The van der Waals surface area contributed by atoms with E-state index in [0.29, 0.717) is 22.7 Å². The van der Waals surface area contributed by atoms with Gasteiger partial charge >= 0.3 is 12.4 Å². The largest absolute Gasteiger partial charge is 0.416 e. The fourth-order valence-electron chi connectivity index (χ4n) is 1.97. The number of nitrogens with one attached hydrogen (secondary N) is 1. The van der Waals surface area contributed by atoms with Crippen LogP contribution in [0.4, 0.5) is 26.3 Å². The van der Waals surface area contributed by atoms with Crippen molar-refractivity contribution < 1.29 is 31.1 Å². The van der Waals surface area contributed by atoms with Gasteiger partial charge in [0.25, 0.3) is 5.91 Å². The number of benzene rings is 2. The van der Waals surface area contributed by atoms with Crippen LogP contribution < -0.4 is 5.32 Å². The van der Waals surface area contributed by atoms with E-state index in [1.165, 1.54) is 12.1 Å². The molecule has 0 aromatic heterocycles. The molecule has 2 aromatic carbocycles. The average molecular weight is 382 g/mol. The summed E-state index contributed by atoms with van der Waals surface area (Å²) in [5.74, 6) is -1.05. The topological polar surface area (TPSA) is 29.1 Å². The lowest BCUT2D eigenvalue weighted by Gasteiger charge is -2.14. The highest BCUT2D eigenvalue weighted by Crippen LogP contribution is 2.36. The zero-order valence-electron chi connectivity index (χ0n) is 12.3. The Morgan fingerprint density at radius 3 is 1.80 bits per heavy atom. The molecule has 0 spiro atoms. The van der Waals surface area contributed by atoms with Crippen LogP contribution in [0.3, 0.4) is 0 Å². The van der Waals surface area contributed by atoms with Crippen LogP contribution >= 0.6 is 11.6 Å². The highest BCUT2D eigenvalue weighted by atomic mass is 35.5. The highest BCUT2D eigenvalue weighted by molar-refractivity contribution is 6.30. The van der Waals surface area contributed by atoms with Gasteiger partial charge in [-0.15, -0.1) is 0 Å². The van der Waals surface area contributed by atoms with Crippen LogP contribution in [-0.4, -0.2) is 5.91 Å². The Balaban J connectivity index is 2.27. The highest BCUT2D eigenvalue weighted by Gasteiger charge is 2.37. The van der Waals surface area contributed by atoms with Gasteiger partial charge in [0.2, 0.25) is 0 Å². The van der Waals surface area contributed by atoms with Crippen molar-refractivity contribution in [3.05, 3.63) is 69.7 Å². The first-order chi connectivity index (χ1) is 11.5. The van der Waals surface area contributed by atoms with Crippen LogP contribution in [0.2, 0.25) is 5.02 Å². The Labute approximate surface area is 143 Å². The molecular weight excluding hydrogens is 372 g/mol. The number of amides is 1. The Bertz CT molecular complexity index is 735. The van der Waals surface area contributed by atoms with Gasteiger partial charge in [-0.3, -0.25) is 4.79 Å². The summed E-state index contributed by atoms with van der Waals surface area (Å²) in [4.78, 5) is 12.0.